The van der Waals surface area contributed by atoms with Gasteiger partial charge in [0.2, 0.25) is 5.88 Å². The summed E-state index contributed by atoms with van der Waals surface area (Å²) in [4.78, 5) is 16.6. The maximum absolute atomic E-state index is 12.5. The molecule has 1 aliphatic rings. The summed E-state index contributed by atoms with van der Waals surface area (Å²) < 4.78 is 8.26. The Kier molecular flexibility index (Phi) is 5.20. The number of carbonyl (C=O) groups is 1. The predicted octanol–water partition coefficient (Wildman–Crippen LogP) is 2.18. The van der Waals surface area contributed by atoms with Crippen LogP contribution in [-0.4, -0.2) is 64.8 Å². The smallest absolute Gasteiger partial charge is 0.263 e. The van der Waals surface area contributed by atoms with Crippen molar-refractivity contribution in [1.82, 2.24) is 19.6 Å². The van der Waals surface area contributed by atoms with Crippen LogP contribution in [0.1, 0.15) is 6.92 Å². The molecular formula is C17H21BrN4O2. The molecule has 3 rings (SSSR count). The number of hydrogen-bond donors (Lipinski definition) is 0. The summed E-state index contributed by atoms with van der Waals surface area (Å²) in [6, 6.07) is 9.77. The molecule has 0 saturated carbocycles. The number of para-hydroxylation sites is 1. The Hall–Kier alpha value is -1.86. The molecule has 1 atom stereocenters. The first-order chi connectivity index (χ1) is 11.5. The van der Waals surface area contributed by atoms with Gasteiger partial charge in [0.25, 0.3) is 5.91 Å². The average Bonchev–Trinajstić information content (AvgIpc) is 2.96. The topological polar surface area (TPSA) is 50.6 Å². The average molecular weight is 393 g/mol. The quantitative estimate of drug-likeness (QED) is 0.799. The van der Waals surface area contributed by atoms with Crippen LogP contribution in [0.2, 0.25) is 0 Å². The van der Waals surface area contributed by atoms with Gasteiger partial charge in [-0.25, -0.2) is 4.68 Å². The molecule has 1 aromatic carbocycles. The fourth-order valence-electron chi connectivity index (χ4n) is 2.63. The standard InChI is InChI=1S/C17H21BrN4O2/c1-13(17(23)21-10-8-20(2)9-11-21)24-16-15(18)12-22(19-16)14-6-4-3-5-7-14/h3-7,12-13H,8-11H2,1-2H3/t13-/m1/s1. The van der Waals surface area contributed by atoms with Crippen molar-refractivity contribution in [1.29, 1.82) is 0 Å². The molecular weight excluding hydrogens is 372 g/mol. The molecule has 1 amide bonds. The van der Waals surface area contributed by atoms with Crippen LogP contribution in [0.4, 0.5) is 0 Å². The van der Waals surface area contributed by atoms with Crippen LogP contribution in [-0.2, 0) is 4.79 Å². The lowest BCUT2D eigenvalue weighted by atomic mass is 10.2. The summed E-state index contributed by atoms with van der Waals surface area (Å²) in [5, 5.41) is 4.43. The van der Waals surface area contributed by atoms with Crippen molar-refractivity contribution >= 4 is 21.8 Å². The maximum Gasteiger partial charge on any atom is 0.263 e. The summed E-state index contributed by atoms with van der Waals surface area (Å²) in [5.41, 5.74) is 0.936. The molecule has 0 unspecified atom stereocenters. The summed E-state index contributed by atoms with van der Waals surface area (Å²) >= 11 is 3.46. The third-order valence-electron chi connectivity index (χ3n) is 4.11. The third kappa shape index (κ3) is 3.79. The monoisotopic (exact) mass is 392 g/mol. The Labute approximate surface area is 150 Å². The predicted molar refractivity (Wildman–Crippen MR) is 95.4 cm³/mol. The molecule has 24 heavy (non-hydrogen) atoms. The highest BCUT2D eigenvalue weighted by molar-refractivity contribution is 9.10. The van der Waals surface area contributed by atoms with Gasteiger partial charge < -0.3 is 14.5 Å². The Balaban J connectivity index is 1.67. The highest BCUT2D eigenvalue weighted by Gasteiger charge is 2.26. The van der Waals surface area contributed by atoms with Crippen molar-refractivity contribution in [2.75, 3.05) is 33.2 Å². The molecule has 1 saturated heterocycles. The third-order valence-corrected chi connectivity index (χ3v) is 4.65. The molecule has 2 aromatic rings. The number of piperazine rings is 1. The van der Waals surface area contributed by atoms with E-state index in [2.05, 4.69) is 33.0 Å². The maximum atomic E-state index is 12.5. The second-order valence-electron chi connectivity index (χ2n) is 5.95. The van der Waals surface area contributed by atoms with Crippen LogP contribution >= 0.6 is 15.9 Å². The van der Waals surface area contributed by atoms with Crippen molar-refractivity contribution in [3.8, 4) is 11.6 Å². The number of amides is 1. The summed E-state index contributed by atoms with van der Waals surface area (Å²) in [7, 11) is 2.06. The van der Waals surface area contributed by atoms with Gasteiger partial charge in [0.1, 0.15) is 0 Å². The Morgan fingerprint density at radius 2 is 1.88 bits per heavy atom. The molecule has 0 bridgehead atoms. The minimum Gasteiger partial charge on any atom is -0.463 e. The van der Waals surface area contributed by atoms with Gasteiger partial charge in [-0.3, -0.25) is 4.79 Å². The number of aromatic nitrogens is 2. The highest BCUT2D eigenvalue weighted by Crippen LogP contribution is 2.25. The zero-order valence-corrected chi connectivity index (χ0v) is 15.4. The van der Waals surface area contributed by atoms with E-state index in [1.165, 1.54) is 0 Å². The van der Waals surface area contributed by atoms with Gasteiger partial charge in [-0.1, -0.05) is 18.2 Å². The zero-order chi connectivity index (χ0) is 17.1. The molecule has 0 N–H and O–H groups in total. The first kappa shape index (κ1) is 17.0. The second-order valence-corrected chi connectivity index (χ2v) is 6.81. The molecule has 6 nitrogen and oxygen atoms in total. The molecule has 1 aliphatic heterocycles. The van der Waals surface area contributed by atoms with E-state index in [9.17, 15) is 4.79 Å². The molecule has 0 aliphatic carbocycles. The number of likely N-dealkylation sites (N-methyl/N-ethyl adjacent to an activating group) is 1. The Bertz CT molecular complexity index is 696. The van der Waals surface area contributed by atoms with Crippen molar-refractivity contribution < 1.29 is 9.53 Å². The van der Waals surface area contributed by atoms with E-state index in [-0.39, 0.29) is 5.91 Å². The number of benzene rings is 1. The molecule has 2 heterocycles. The lowest BCUT2D eigenvalue weighted by Gasteiger charge is -2.33. The zero-order valence-electron chi connectivity index (χ0n) is 13.9. The fraction of sp³-hybridized carbons (Fsp3) is 0.412. The van der Waals surface area contributed by atoms with E-state index in [0.29, 0.717) is 5.88 Å². The second kappa shape index (κ2) is 7.36. The fourth-order valence-corrected chi connectivity index (χ4v) is 3.00. The van der Waals surface area contributed by atoms with Gasteiger partial charge in [-0.05, 0) is 42.0 Å². The van der Waals surface area contributed by atoms with Crippen LogP contribution in [0.3, 0.4) is 0 Å². The minimum absolute atomic E-state index is 0.00395. The summed E-state index contributed by atoms with van der Waals surface area (Å²) in [5.74, 6) is 0.429. The van der Waals surface area contributed by atoms with Crippen LogP contribution in [0.25, 0.3) is 5.69 Å². The normalized spacial score (nSPS) is 16.9. The summed E-state index contributed by atoms with van der Waals surface area (Å²) in [6.45, 7) is 5.04. The minimum atomic E-state index is -0.566. The van der Waals surface area contributed by atoms with Gasteiger partial charge in [0.15, 0.2) is 6.10 Å². The van der Waals surface area contributed by atoms with Crippen LogP contribution in [0, 0.1) is 0 Å². The highest BCUT2D eigenvalue weighted by atomic mass is 79.9. The molecule has 128 valence electrons. The molecule has 1 fully saturated rings. The van der Waals surface area contributed by atoms with Crippen molar-refractivity contribution in [3.63, 3.8) is 0 Å². The number of hydrogen-bond acceptors (Lipinski definition) is 4. The van der Waals surface area contributed by atoms with Gasteiger partial charge in [-0.15, -0.1) is 5.10 Å². The van der Waals surface area contributed by atoms with Crippen molar-refractivity contribution in [2.24, 2.45) is 0 Å². The first-order valence-corrected chi connectivity index (χ1v) is 8.78. The molecule has 0 radical (unpaired) electrons. The number of nitrogens with zero attached hydrogens (tertiary/aromatic N) is 4. The number of carbonyl (C=O) groups excluding carboxylic acids is 1. The lowest BCUT2D eigenvalue weighted by Crippen LogP contribution is -2.50. The van der Waals surface area contributed by atoms with Crippen molar-refractivity contribution in [2.45, 2.75) is 13.0 Å². The number of halogens is 1. The first-order valence-electron chi connectivity index (χ1n) is 7.99. The van der Waals surface area contributed by atoms with Gasteiger partial charge >= 0.3 is 0 Å². The van der Waals surface area contributed by atoms with E-state index < -0.39 is 6.10 Å². The molecule has 0 spiro atoms. The van der Waals surface area contributed by atoms with Crippen LogP contribution < -0.4 is 4.74 Å². The van der Waals surface area contributed by atoms with Crippen molar-refractivity contribution in [3.05, 3.63) is 41.0 Å². The lowest BCUT2D eigenvalue weighted by molar-refractivity contribution is -0.139. The van der Waals surface area contributed by atoms with Gasteiger partial charge in [0.05, 0.1) is 10.2 Å². The van der Waals surface area contributed by atoms with Crippen LogP contribution in [0.15, 0.2) is 41.0 Å². The van der Waals surface area contributed by atoms with E-state index in [4.69, 9.17) is 4.74 Å². The summed E-state index contributed by atoms with van der Waals surface area (Å²) in [6.07, 6.45) is 1.27. The van der Waals surface area contributed by atoms with E-state index in [1.807, 2.05) is 41.4 Å². The SMILES string of the molecule is C[C@@H](Oc1nn(-c2ccccc2)cc1Br)C(=O)N1CCN(C)CC1. The molecule has 7 heteroatoms. The Morgan fingerprint density at radius 1 is 1.21 bits per heavy atom. The van der Waals surface area contributed by atoms with E-state index in [1.54, 1.807) is 11.6 Å². The Morgan fingerprint density at radius 3 is 2.54 bits per heavy atom. The van der Waals surface area contributed by atoms with Gasteiger partial charge in [0, 0.05) is 32.4 Å². The van der Waals surface area contributed by atoms with Gasteiger partial charge in [-0.2, -0.15) is 0 Å². The molecule has 1 aromatic heterocycles. The van der Waals surface area contributed by atoms with E-state index in [0.717, 1.165) is 36.3 Å². The number of rotatable bonds is 4. The van der Waals surface area contributed by atoms with Crippen LogP contribution in [0.5, 0.6) is 5.88 Å². The number of ether oxygens (including phenoxy) is 1. The largest absolute Gasteiger partial charge is 0.463 e. The van der Waals surface area contributed by atoms with E-state index >= 15 is 0 Å².